The second-order valence-corrected chi connectivity index (χ2v) is 8.10. The smallest absolute Gasteiger partial charge is 0.139 e. The highest BCUT2D eigenvalue weighted by molar-refractivity contribution is 7.13. The molecule has 30 heavy (non-hydrogen) atoms. The Kier molecular flexibility index (Phi) is 6.78. The van der Waals surface area contributed by atoms with Gasteiger partial charge in [0.1, 0.15) is 11.0 Å². The third-order valence-electron chi connectivity index (χ3n) is 4.98. The molecule has 0 amide bonds. The number of unbranched alkanes of at least 4 members (excludes halogenated alkanes) is 1. The van der Waals surface area contributed by atoms with Gasteiger partial charge in [-0.15, -0.1) is 11.3 Å². The molecule has 0 saturated carbocycles. The number of azo groups is 1. The number of nitrogens with zero attached hydrogens (tertiary/aromatic N) is 3. The molecule has 0 aliphatic carbocycles. The van der Waals surface area contributed by atoms with Crippen molar-refractivity contribution in [3.8, 4) is 10.6 Å². The molecule has 1 aromatic heterocycles. The lowest BCUT2D eigenvalue weighted by molar-refractivity contribution is 0.784. The van der Waals surface area contributed by atoms with Gasteiger partial charge < -0.3 is 0 Å². The zero-order valence-corrected chi connectivity index (χ0v) is 17.9. The predicted octanol–water partition coefficient (Wildman–Crippen LogP) is 8.03. The highest BCUT2D eigenvalue weighted by Crippen LogP contribution is 2.32. The van der Waals surface area contributed by atoms with Crippen molar-refractivity contribution in [2.75, 3.05) is 0 Å². The van der Waals surface area contributed by atoms with Gasteiger partial charge in [-0.05, 0) is 36.1 Å². The van der Waals surface area contributed by atoms with Crippen molar-refractivity contribution in [2.45, 2.75) is 32.2 Å². The Morgan fingerprint density at radius 2 is 1.57 bits per heavy atom. The van der Waals surface area contributed by atoms with Crippen LogP contribution in [0.25, 0.3) is 10.6 Å². The van der Waals surface area contributed by atoms with Crippen LogP contribution in [0.1, 0.15) is 42.6 Å². The number of hydrogen-bond acceptors (Lipinski definition) is 4. The van der Waals surface area contributed by atoms with Crippen molar-refractivity contribution >= 4 is 17.0 Å². The first-order chi connectivity index (χ1) is 14.8. The summed E-state index contributed by atoms with van der Waals surface area (Å²) in [6, 6.07) is 28.7. The van der Waals surface area contributed by atoms with Crippen LogP contribution < -0.4 is 0 Å². The largest absolute Gasteiger partial charge is 0.238 e. The fraction of sp³-hybridized carbons (Fsp3) is 0.192. The van der Waals surface area contributed by atoms with E-state index in [-0.39, 0.29) is 6.04 Å². The van der Waals surface area contributed by atoms with Gasteiger partial charge in [0.05, 0.1) is 11.4 Å². The summed E-state index contributed by atoms with van der Waals surface area (Å²) in [6.07, 6.45) is 3.53. The highest BCUT2D eigenvalue weighted by atomic mass is 32.1. The van der Waals surface area contributed by atoms with E-state index in [0.717, 1.165) is 33.9 Å². The van der Waals surface area contributed by atoms with Crippen LogP contribution in [-0.2, 0) is 6.42 Å². The topological polar surface area (TPSA) is 37.6 Å². The standard InChI is InChI=1S/C26H25N3S/c1-2-3-10-20-15-17-23(18-16-20)28-29-25(21-11-6-4-7-12-21)24-19-30-26(27-24)22-13-8-5-9-14-22/h4-9,11-19,25H,2-3,10H2,1H3. The predicted molar refractivity (Wildman–Crippen MR) is 125 cm³/mol. The van der Waals surface area contributed by atoms with E-state index < -0.39 is 0 Å². The second-order valence-electron chi connectivity index (χ2n) is 7.24. The first-order valence-electron chi connectivity index (χ1n) is 10.4. The maximum absolute atomic E-state index is 4.88. The van der Waals surface area contributed by atoms with E-state index in [4.69, 9.17) is 10.1 Å². The van der Waals surface area contributed by atoms with E-state index in [1.807, 2.05) is 48.5 Å². The van der Waals surface area contributed by atoms with Gasteiger partial charge in [-0.1, -0.05) is 86.1 Å². The number of hydrogen-bond donors (Lipinski definition) is 0. The average Bonchev–Trinajstić information content (AvgIpc) is 3.30. The van der Waals surface area contributed by atoms with Crippen molar-refractivity contribution in [3.05, 3.63) is 107 Å². The molecule has 1 atom stereocenters. The van der Waals surface area contributed by atoms with Gasteiger partial charge >= 0.3 is 0 Å². The monoisotopic (exact) mass is 411 g/mol. The normalized spacial score (nSPS) is 12.3. The maximum Gasteiger partial charge on any atom is 0.139 e. The third-order valence-corrected chi connectivity index (χ3v) is 5.89. The molecule has 4 heteroatoms. The summed E-state index contributed by atoms with van der Waals surface area (Å²) in [4.78, 5) is 4.88. The average molecular weight is 412 g/mol. The minimum atomic E-state index is -0.223. The molecular formula is C26H25N3S. The summed E-state index contributed by atoms with van der Waals surface area (Å²) in [5.41, 5.74) is 5.36. The molecule has 1 heterocycles. The molecule has 0 N–H and O–H groups in total. The lowest BCUT2D eigenvalue weighted by atomic mass is 10.1. The van der Waals surface area contributed by atoms with Crippen LogP contribution in [0.5, 0.6) is 0 Å². The zero-order chi connectivity index (χ0) is 20.6. The summed E-state index contributed by atoms with van der Waals surface area (Å²) in [5.74, 6) is 0. The summed E-state index contributed by atoms with van der Waals surface area (Å²) >= 11 is 1.64. The maximum atomic E-state index is 4.88. The molecule has 150 valence electrons. The van der Waals surface area contributed by atoms with E-state index in [9.17, 15) is 0 Å². The van der Waals surface area contributed by atoms with Gasteiger partial charge in [-0.3, -0.25) is 0 Å². The van der Waals surface area contributed by atoms with Crippen LogP contribution >= 0.6 is 11.3 Å². The lowest BCUT2D eigenvalue weighted by Crippen LogP contribution is -1.98. The minimum absolute atomic E-state index is 0.223. The molecule has 4 rings (SSSR count). The molecule has 1 unspecified atom stereocenters. The number of thiazole rings is 1. The molecule has 4 aromatic rings. The van der Waals surface area contributed by atoms with E-state index in [0.29, 0.717) is 0 Å². The van der Waals surface area contributed by atoms with E-state index in [1.54, 1.807) is 11.3 Å². The molecule has 0 radical (unpaired) electrons. The Labute approximate surface area is 182 Å². The van der Waals surface area contributed by atoms with Gasteiger partial charge in [0.25, 0.3) is 0 Å². The Balaban J connectivity index is 1.60. The number of benzene rings is 3. The number of aryl methyl sites for hydroxylation is 1. The van der Waals surface area contributed by atoms with Gasteiger partial charge in [-0.2, -0.15) is 10.2 Å². The molecule has 3 aromatic carbocycles. The van der Waals surface area contributed by atoms with Crippen LogP contribution in [0, 0.1) is 0 Å². The Morgan fingerprint density at radius 1 is 0.867 bits per heavy atom. The van der Waals surface area contributed by atoms with Crippen LogP contribution in [0.2, 0.25) is 0 Å². The molecule has 0 aliphatic rings. The van der Waals surface area contributed by atoms with Crippen LogP contribution in [0.4, 0.5) is 5.69 Å². The van der Waals surface area contributed by atoms with Crippen molar-refractivity contribution < 1.29 is 0 Å². The van der Waals surface area contributed by atoms with E-state index >= 15 is 0 Å². The molecule has 3 nitrogen and oxygen atoms in total. The fourth-order valence-electron chi connectivity index (χ4n) is 3.29. The quantitative estimate of drug-likeness (QED) is 0.270. The van der Waals surface area contributed by atoms with Gasteiger partial charge in [0.2, 0.25) is 0 Å². The SMILES string of the molecule is CCCCc1ccc(N=NC(c2ccccc2)c2csc(-c3ccccc3)n2)cc1. The third kappa shape index (κ3) is 5.08. The summed E-state index contributed by atoms with van der Waals surface area (Å²) in [7, 11) is 0. The van der Waals surface area contributed by atoms with E-state index in [2.05, 4.69) is 53.8 Å². The minimum Gasteiger partial charge on any atom is -0.238 e. The first kappa shape index (κ1) is 20.2. The Morgan fingerprint density at radius 3 is 2.27 bits per heavy atom. The molecule has 0 saturated heterocycles. The fourth-order valence-corrected chi connectivity index (χ4v) is 4.14. The van der Waals surface area contributed by atoms with Crippen molar-refractivity contribution in [1.82, 2.24) is 4.98 Å². The van der Waals surface area contributed by atoms with Crippen molar-refractivity contribution in [1.29, 1.82) is 0 Å². The molecule has 0 aliphatic heterocycles. The van der Waals surface area contributed by atoms with Gasteiger partial charge in [0, 0.05) is 10.9 Å². The van der Waals surface area contributed by atoms with Crippen LogP contribution in [0.3, 0.4) is 0 Å². The van der Waals surface area contributed by atoms with Gasteiger partial charge in [0.15, 0.2) is 0 Å². The van der Waals surface area contributed by atoms with Gasteiger partial charge in [-0.25, -0.2) is 4.98 Å². The van der Waals surface area contributed by atoms with Crippen LogP contribution in [0.15, 0.2) is 101 Å². The lowest BCUT2D eigenvalue weighted by Gasteiger charge is -2.09. The Hall–Kier alpha value is -3.11. The van der Waals surface area contributed by atoms with Crippen molar-refractivity contribution in [3.63, 3.8) is 0 Å². The van der Waals surface area contributed by atoms with Crippen LogP contribution in [-0.4, -0.2) is 4.98 Å². The molecule has 0 spiro atoms. The van der Waals surface area contributed by atoms with Crippen molar-refractivity contribution in [2.24, 2.45) is 10.2 Å². The van der Waals surface area contributed by atoms with E-state index in [1.165, 1.54) is 18.4 Å². The molecule has 0 bridgehead atoms. The number of rotatable bonds is 8. The molecular weight excluding hydrogens is 386 g/mol. The Bertz CT molecular complexity index is 1070. The number of aromatic nitrogens is 1. The zero-order valence-electron chi connectivity index (χ0n) is 17.1. The first-order valence-corrected chi connectivity index (χ1v) is 11.3. The summed E-state index contributed by atoms with van der Waals surface area (Å²) in [6.45, 7) is 2.22. The summed E-state index contributed by atoms with van der Waals surface area (Å²) < 4.78 is 0. The second kappa shape index (κ2) is 10.1. The highest BCUT2D eigenvalue weighted by Gasteiger charge is 2.17. The molecule has 0 fully saturated rings. The summed E-state index contributed by atoms with van der Waals surface area (Å²) in [5, 5.41) is 12.3.